The van der Waals surface area contributed by atoms with E-state index in [9.17, 15) is 4.79 Å². The molecular formula is C26H30N2O3. The van der Waals surface area contributed by atoms with Crippen molar-refractivity contribution in [2.24, 2.45) is 5.92 Å². The summed E-state index contributed by atoms with van der Waals surface area (Å²) < 4.78 is 11.5. The Morgan fingerprint density at radius 3 is 2.19 bits per heavy atom. The molecule has 1 aromatic heterocycles. The van der Waals surface area contributed by atoms with E-state index >= 15 is 0 Å². The smallest absolute Gasteiger partial charge is 0.314 e. The van der Waals surface area contributed by atoms with Gasteiger partial charge in [0.15, 0.2) is 0 Å². The van der Waals surface area contributed by atoms with Crippen molar-refractivity contribution < 1.29 is 14.3 Å². The SMILES string of the molecule is CC(C)C(C(=O)OCc1cccc(Oc2ccccc2)c1)c1cnc(C(C)(C)C)nc1. The van der Waals surface area contributed by atoms with Crippen molar-refractivity contribution in [1.82, 2.24) is 9.97 Å². The third kappa shape index (κ3) is 6.14. The molecule has 3 aromatic rings. The lowest BCUT2D eigenvalue weighted by atomic mass is 9.89. The number of hydrogen-bond acceptors (Lipinski definition) is 5. The Balaban J connectivity index is 1.67. The number of ether oxygens (including phenoxy) is 2. The first-order valence-electron chi connectivity index (χ1n) is 10.5. The van der Waals surface area contributed by atoms with Crippen LogP contribution < -0.4 is 4.74 Å². The predicted molar refractivity (Wildman–Crippen MR) is 121 cm³/mol. The van der Waals surface area contributed by atoms with E-state index in [1.165, 1.54) is 0 Å². The summed E-state index contributed by atoms with van der Waals surface area (Å²) in [5.74, 6) is 1.57. The summed E-state index contributed by atoms with van der Waals surface area (Å²) in [6.07, 6.45) is 3.49. The first-order valence-corrected chi connectivity index (χ1v) is 10.5. The highest BCUT2D eigenvalue weighted by Crippen LogP contribution is 2.27. The van der Waals surface area contributed by atoms with Crippen LogP contribution in [0.1, 0.15) is 57.5 Å². The number of benzene rings is 2. The molecule has 5 heteroatoms. The highest BCUT2D eigenvalue weighted by molar-refractivity contribution is 5.78. The maximum absolute atomic E-state index is 12.9. The Morgan fingerprint density at radius 1 is 0.935 bits per heavy atom. The average Bonchev–Trinajstić information content (AvgIpc) is 2.73. The first-order chi connectivity index (χ1) is 14.7. The lowest BCUT2D eigenvalue weighted by Gasteiger charge is -2.21. The summed E-state index contributed by atoms with van der Waals surface area (Å²) in [6.45, 7) is 10.4. The van der Waals surface area contributed by atoms with Crippen molar-refractivity contribution in [3.05, 3.63) is 83.9 Å². The maximum atomic E-state index is 12.9. The zero-order chi connectivity index (χ0) is 22.4. The van der Waals surface area contributed by atoms with Gasteiger partial charge in [0, 0.05) is 23.4 Å². The molecule has 0 aliphatic heterocycles. The van der Waals surface area contributed by atoms with Crippen molar-refractivity contribution in [3.63, 3.8) is 0 Å². The molecule has 0 aliphatic carbocycles. The average molecular weight is 419 g/mol. The van der Waals surface area contributed by atoms with Crippen LogP contribution in [0.4, 0.5) is 0 Å². The van der Waals surface area contributed by atoms with Gasteiger partial charge in [-0.15, -0.1) is 0 Å². The van der Waals surface area contributed by atoms with E-state index in [0.29, 0.717) is 5.75 Å². The normalized spacial score (nSPS) is 12.5. The summed E-state index contributed by atoms with van der Waals surface area (Å²) in [5, 5.41) is 0. The van der Waals surface area contributed by atoms with Crippen LogP contribution in [-0.2, 0) is 21.6 Å². The third-order valence-corrected chi connectivity index (χ3v) is 4.88. The van der Waals surface area contributed by atoms with Gasteiger partial charge in [0.05, 0.1) is 5.92 Å². The molecule has 0 N–H and O–H groups in total. The monoisotopic (exact) mass is 418 g/mol. The number of aromatic nitrogens is 2. The second-order valence-corrected chi connectivity index (χ2v) is 8.98. The molecule has 0 bridgehead atoms. The number of esters is 1. The van der Waals surface area contributed by atoms with Gasteiger partial charge in [0.2, 0.25) is 0 Å². The fourth-order valence-electron chi connectivity index (χ4n) is 3.25. The number of para-hydroxylation sites is 1. The minimum atomic E-state index is -0.419. The molecule has 0 saturated carbocycles. The molecule has 0 radical (unpaired) electrons. The zero-order valence-corrected chi connectivity index (χ0v) is 18.8. The Hall–Kier alpha value is -3.21. The van der Waals surface area contributed by atoms with Gasteiger partial charge in [-0.1, -0.05) is 65.0 Å². The second kappa shape index (κ2) is 9.73. The molecule has 1 unspecified atom stereocenters. The van der Waals surface area contributed by atoms with Gasteiger partial charge in [-0.05, 0) is 35.7 Å². The molecule has 0 fully saturated rings. The molecule has 162 valence electrons. The fraction of sp³-hybridized carbons (Fsp3) is 0.346. The van der Waals surface area contributed by atoms with Crippen LogP contribution in [0.25, 0.3) is 0 Å². The van der Waals surface area contributed by atoms with Crippen LogP contribution in [0, 0.1) is 5.92 Å². The summed E-state index contributed by atoms with van der Waals surface area (Å²) in [6, 6.07) is 17.1. The summed E-state index contributed by atoms with van der Waals surface area (Å²) in [7, 11) is 0. The van der Waals surface area contributed by atoms with Gasteiger partial charge < -0.3 is 9.47 Å². The third-order valence-electron chi connectivity index (χ3n) is 4.88. The van der Waals surface area contributed by atoms with Crippen molar-refractivity contribution >= 4 is 5.97 Å². The van der Waals surface area contributed by atoms with Gasteiger partial charge in [-0.3, -0.25) is 4.79 Å². The Kier molecular flexibility index (Phi) is 7.06. The fourth-order valence-corrected chi connectivity index (χ4v) is 3.25. The Bertz CT molecular complexity index is 993. The maximum Gasteiger partial charge on any atom is 0.314 e. The van der Waals surface area contributed by atoms with E-state index in [-0.39, 0.29) is 23.9 Å². The van der Waals surface area contributed by atoms with Crippen LogP contribution in [0.2, 0.25) is 0 Å². The predicted octanol–water partition coefficient (Wildman–Crippen LogP) is 6.05. The number of nitrogens with zero attached hydrogens (tertiary/aromatic N) is 2. The molecule has 0 amide bonds. The number of carbonyl (C=O) groups is 1. The molecule has 0 aliphatic rings. The highest BCUT2D eigenvalue weighted by Gasteiger charge is 2.27. The lowest BCUT2D eigenvalue weighted by molar-refractivity contribution is -0.148. The largest absolute Gasteiger partial charge is 0.460 e. The molecule has 1 heterocycles. The van der Waals surface area contributed by atoms with Gasteiger partial charge in [-0.25, -0.2) is 9.97 Å². The van der Waals surface area contributed by atoms with Gasteiger partial charge in [-0.2, -0.15) is 0 Å². The van der Waals surface area contributed by atoms with E-state index < -0.39 is 5.92 Å². The van der Waals surface area contributed by atoms with Crippen LogP contribution in [0.15, 0.2) is 67.0 Å². The van der Waals surface area contributed by atoms with E-state index in [1.807, 2.05) is 68.4 Å². The van der Waals surface area contributed by atoms with Gasteiger partial charge >= 0.3 is 5.97 Å². The molecular weight excluding hydrogens is 388 g/mol. The van der Waals surface area contributed by atoms with Gasteiger partial charge in [0.1, 0.15) is 23.9 Å². The molecule has 1 atom stereocenters. The zero-order valence-electron chi connectivity index (χ0n) is 18.8. The van der Waals surface area contributed by atoms with E-state index in [0.717, 1.165) is 22.7 Å². The van der Waals surface area contributed by atoms with Crippen LogP contribution >= 0.6 is 0 Å². The van der Waals surface area contributed by atoms with E-state index in [2.05, 4.69) is 30.7 Å². The number of carbonyl (C=O) groups excluding carboxylic acids is 1. The van der Waals surface area contributed by atoms with Crippen LogP contribution in [-0.4, -0.2) is 15.9 Å². The van der Waals surface area contributed by atoms with Gasteiger partial charge in [0.25, 0.3) is 0 Å². The van der Waals surface area contributed by atoms with Crippen molar-refractivity contribution in [3.8, 4) is 11.5 Å². The van der Waals surface area contributed by atoms with Crippen LogP contribution in [0.3, 0.4) is 0 Å². The topological polar surface area (TPSA) is 61.3 Å². The van der Waals surface area contributed by atoms with Crippen molar-refractivity contribution in [1.29, 1.82) is 0 Å². The molecule has 31 heavy (non-hydrogen) atoms. The quantitative estimate of drug-likeness (QED) is 0.437. The van der Waals surface area contributed by atoms with Crippen LogP contribution in [0.5, 0.6) is 11.5 Å². The summed E-state index contributed by atoms with van der Waals surface area (Å²) in [4.78, 5) is 21.8. The molecule has 0 saturated heterocycles. The number of rotatable bonds is 7. The molecule has 3 rings (SSSR count). The van der Waals surface area contributed by atoms with Crippen molar-refractivity contribution in [2.75, 3.05) is 0 Å². The standard InChI is InChI=1S/C26H30N2O3/c1-18(2)23(20-15-27-25(28-16-20)26(3,4)5)24(29)30-17-19-10-9-13-22(14-19)31-21-11-7-6-8-12-21/h6-16,18,23H,17H2,1-5H3. The number of hydrogen-bond donors (Lipinski definition) is 0. The molecule has 2 aromatic carbocycles. The highest BCUT2D eigenvalue weighted by atomic mass is 16.5. The minimum absolute atomic E-state index is 0.0596. The lowest BCUT2D eigenvalue weighted by Crippen LogP contribution is -2.22. The summed E-state index contributed by atoms with van der Waals surface area (Å²) >= 11 is 0. The summed E-state index contributed by atoms with van der Waals surface area (Å²) in [5.41, 5.74) is 1.50. The molecule has 0 spiro atoms. The Morgan fingerprint density at radius 2 is 1.58 bits per heavy atom. The van der Waals surface area contributed by atoms with E-state index in [1.54, 1.807) is 12.4 Å². The van der Waals surface area contributed by atoms with E-state index in [4.69, 9.17) is 9.47 Å². The second-order valence-electron chi connectivity index (χ2n) is 8.98. The first kappa shape index (κ1) is 22.5. The van der Waals surface area contributed by atoms with Crippen molar-refractivity contribution in [2.45, 2.75) is 52.6 Å². The Labute approximate surface area is 184 Å². The molecule has 5 nitrogen and oxygen atoms in total. The minimum Gasteiger partial charge on any atom is -0.460 e.